The molecule has 0 bridgehead atoms. The van der Waals surface area contributed by atoms with Gasteiger partial charge < -0.3 is 20.1 Å². The minimum Gasteiger partial charge on any atom is -0.496 e. The van der Waals surface area contributed by atoms with E-state index in [1.165, 1.54) is 11.6 Å². The van der Waals surface area contributed by atoms with Gasteiger partial charge in [0.1, 0.15) is 5.75 Å². The maximum absolute atomic E-state index is 14.2. The number of methoxy groups -OCH3 is 1. The first kappa shape index (κ1) is 35.4. The average Bonchev–Trinajstić information content (AvgIpc) is 3.00. The summed E-state index contributed by atoms with van der Waals surface area (Å²) in [5, 5.41) is 29.3. The van der Waals surface area contributed by atoms with Crippen LogP contribution in [0.25, 0.3) is 6.08 Å². The van der Waals surface area contributed by atoms with E-state index < -0.39 is 17.4 Å². The molecule has 0 radical (unpaired) electrons. The third-order valence-electron chi connectivity index (χ3n) is 14.6. The van der Waals surface area contributed by atoms with E-state index in [0.29, 0.717) is 18.1 Å². The molecule has 1 aromatic rings. The number of benzene rings is 1. The van der Waals surface area contributed by atoms with Crippen molar-refractivity contribution in [3.05, 3.63) is 47.6 Å². The normalized spacial score (nSPS) is 42.0. The van der Waals surface area contributed by atoms with Crippen LogP contribution in [0, 0.1) is 50.2 Å². The second kappa shape index (κ2) is 11.9. The summed E-state index contributed by atoms with van der Waals surface area (Å²) < 4.78 is 5.03. The van der Waals surface area contributed by atoms with Crippen LogP contribution in [0.15, 0.2) is 42.0 Å². The number of ether oxygens (including phenoxy) is 1. The number of hydrogen-bond acceptors (Lipinski definition) is 5. The van der Waals surface area contributed by atoms with Gasteiger partial charge in [0.25, 0.3) is 0 Å². The Kier molecular flexibility index (Phi) is 8.95. The maximum Gasteiger partial charge on any atom is 0.328 e. The molecule has 5 aliphatic rings. The summed E-state index contributed by atoms with van der Waals surface area (Å²) in [5.74, 6) is -0.240. The van der Waals surface area contributed by atoms with Crippen LogP contribution in [-0.4, -0.2) is 46.3 Å². The van der Waals surface area contributed by atoms with Gasteiger partial charge in [-0.25, -0.2) is 4.79 Å². The summed E-state index contributed by atoms with van der Waals surface area (Å²) in [6, 6.07) is 7.22. The summed E-state index contributed by atoms with van der Waals surface area (Å²) in [5.41, 5.74) is 0.898. The van der Waals surface area contributed by atoms with Crippen LogP contribution in [0.4, 0.5) is 0 Å². The molecule has 0 heterocycles. The van der Waals surface area contributed by atoms with Crippen molar-refractivity contribution >= 4 is 23.8 Å². The zero-order valence-electron chi connectivity index (χ0n) is 29.7. The molecule has 258 valence electrons. The van der Waals surface area contributed by atoms with Crippen LogP contribution in [0.2, 0.25) is 0 Å². The molecule has 0 aliphatic heterocycles. The van der Waals surface area contributed by atoms with Gasteiger partial charge in [0, 0.05) is 17.6 Å². The van der Waals surface area contributed by atoms with Gasteiger partial charge >= 0.3 is 11.9 Å². The predicted molar refractivity (Wildman–Crippen MR) is 183 cm³/mol. The van der Waals surface area contributed by atoms with Gasteiger partial charge in [-0.15, -0.1) is 0 Å². The lowest BCUT2D eigenvalue weighted by Gasteiger charge is -2.70. The number of aliphatic hydroxyl groups is 1. The molecular weight excluding hydrogens is 592 g/mol. The van der Waals surface area contributed by atoms with Crippen molar-refractivity contribution in [3.63, 3.8) is 0 Å². The third kappa shape index (κ3) is 5.49. The Labute approximate surface area is 280 Å². The highest BCUT2D eigenvalue weighted by atomic mass is 16.5. The van der Waals surface area contributed by atoms with Gasteiger partial charge in [-0.1, -0.05) is 65.3 Å². The van der Waals surface area contributed by atoms with E-state index in [9.17, 15) is 24.6 Å². The van der Waals surface area contributed by atoms with Crippen molar-refractivity contribution < 1.29 is 34.4 Å². The maximum atomic E-state index is 14.2. The lowest BCUT2D eigenvalue weighted by atomic mass is 9.33. The Hall–Kier alpha value is -2.93. The Morgan fingerprint density at radius 1 is 0.894 bits per heavy atom. The van der Waals surface area contributed by atoms with Crippen LogP contribution in [-0.2, 0) is 14.4 Å². The zero-order valence-corrected chi connectivity index (χ0v) is 29.7. The number of carboxylic acids is 2. The molecule has 4 fully saturated rings. The van der Waals surface area contributed by atoms with Gasteiger partial charge in [0.05, 0.1) is 18.6 Å². The second-order valence-corrected chi connectivity index (χ2v) is 17.3. The number of hydrogen-bond donors (Lipinski definition) is 3. The first-order valence-corrected chi connectivity index (χ1v) is 17.5. The first-order chi connectivity index (χ1) is 21.8. The topological polar surface area (TPSA) is 121 Å². The quantitative estimate of drug-likeness (QED) is 0.281. The molecule has 5 aliphatic carbocycles. The molecule has 3 N–H and O–H groups in total. The fourth-order valence-electron chi connectivity index (χ4n) is 11.3. The molecule has 0 saturated heterocycles. The van der Waals surface area contributed by atoms with Crippen molar-refractivity contribution in [1.82, 2.24) is 0 Å². The first-order valence-electron chi connectivity index (χ1n) is 17.5. The van der Waals surface area contributed by atoms with Crippen molar-refractivity contribution in [2.75, 3.05) is 7.11 Å². The number of allylic oxidation sites excluding steroid dienone is 2. The number of carbonyl (C=O) groups excluding carboxylic acids is 1. The number of aliphatic carboxylic acids is 2. The van der Waals surface area contributed by atoms with E-state index in [1.54, 1.807) is 19.2 Å². The summed E-state index contributed by atoms with van der Waals surface area (Å²) in [7, 11) is 1.55. The van der Waals surface area contributed by atoms with Crippen molar-refractivity contribution in [2.24, 2.45) is 50.2 Å². The number of aliphatic hydroxyl groups excluding tert-OH is 1. The summed E-state index contributed by atoms with van der Waals surface area (Å²) in [6.45, 7) is 15.8. The second-order valence-electron chi connectivity index (χ2n) is 17.3. The molecule has 6 rings (SSSR count). The molecule has 4 saturated carbocycles. The molecule has 47 heavy (non-hydrogen) atoms. The largest absolute Gasteiger partial charge is 0.496 e. The van der Waals surface area contributed by atoms with Crippen molar-refractivity contribution in [2.45, 2.75) is 112 Å². The minimum absolute atomic E-state index is 0.0296. The molecular formula is C40H56O7. The van der Waals surface area contributed by atoms with Crippen LogP contribution in [0.1, 0.15) is 112 Å². The SMILES string of the molecule is CC1(C(=O)O)CCC2(C)CCC3(C)C(=CC(=O)C4C5(C)CCC(O)C(C)(C)C5CCC43C)C2C1.COc1ccccc1C=CC(=O)O. The molecule has 0 amide bonds. The van der Waals surface area contributed by atoms with E-state index in [2.05, 4.69) is 41.5 Å². The number of carbonyl (C=O) groups is 3. The Balaban J connectivity index is 0.000000281. The Morgan fingerprint density at radius 3 is 2.19 bits per heavy atom. The van der Waals surface area contributed by atoms with Gasteiger partial charge in [0.2, 0.25) is 0 Å². The molecule has 9 atom stereocenters. The number of para-hydroxylation sites is 1. The molecule has 7 nitrogen and oxygen atoms in total. The van der Waals surface area contributed by atoms with Gasteiger partial charge in [0.15, 0.2) is 5.78 Å². The predicted octanol–water partition coefficient (Wildman–Crippen LogP) is 8.21. The van der Waals surface area contributed by atoms with E-state index in [4.69, 9.17) is 9.84 Å². The van der Waals surface area contributed by atoms with E-state index in [1.807, 2.05) is 25.1 Å². The monoisotopic (exact) mass is 648 g/mol. The highest BCUT2D eigenvalue weighted by molar-refractivity contribution is 5.95. The van der Waals surface area contributed by atoms with Crippen molar-refractivity contribution in [1.29, 1.82) is 0 Å². The summed E-state index contributed by atoms with van der Waals surface area (Å²) >= 11 is 0. The fourth-order valence-corrected chi connectivity index (χ4v) is 11.3. The summed E-state index contributed by atoms with van der Waals surface area (Å²) in [4.78, 5) is 36.7. The number of rotatable bonds is 4. The van der Waals surface area contributed by atoms with Crippen molar-refractivity contribution in [3.8, 4) is 5.75 Å². The molecule has 0 spiro atoms. The van der Waals surface area contributed by atoms with Crippen LogP contribution in [0.3, 0.4) is 0 Å². The van der Waals surface area contributed by atoms with Gasteiger partial charge in [-0.2, -0.15) is 0 Å². The van der Waals surface area contributed by atoms with E-state index >= 15 is 0 Å². The lowest BCUT2D eigenvalue weighted by molar-refractivity contribution is -0.202. The lowest BCUT2D eigenvalue weighted by Crippen LogP contribution is -2.66. The van der Waals surface area contributed by atoms with Gasteiger partial charge in [-0.05, 0) is 122 Å². The Morgan fingerprint density at radius 2 is 1.55 bits per heavy atom. The highest BCUT2D eigenvalue weighted by Crippen LogP contribution is 2.75. The van der Waals surface area contributed by atoms with E-state index in [-0.39, 0.29) is 50.8 Å². The summed E-state index contributed by atoms with van der Waals surface area (Å²) in [6.07, 6.45) is 12.5. The smallest absolute Gasteiger partial charge is 0.328 e. The van der Waals surface area contributed by atoms with Crippen LogP contribution < -0.4 is 4.74 Å². The zero-order chi connectivity index (χ0) is 34.8. The molecule has 9 unspecified atom stereocenters. The van der Waals surface area contributed by atoms with Crippen LogP contribution in [0.5, 0.6) is 5.75 Å². The highest BCUT2D eigenvalue weighted by Gasteiger charge is 2.70. The number of carboxylic acid groups (broad SMARTS) is 2. The van der Waals surface area contributed by atoms with Crippen LogP contribution >= 0.6 is 0 Å². The van der Waals surface area contributed by atoms with E-state index in [0.717, 1.165) is 63.0 Å². The number of ketones is 1. The fraction of sp³-hybridized carbons (Fsp3) is 0.675. The number of fused-ring (bicyclic) bond motifs is 7. The Bertz CT molecular complexity index is 1490. The standard InChI is InChI=1S/C30H46O4.C10H10O3/c1-25(2)21-8-11-30(7)23(28(21,5)10-9-22(25)32)20(31)16-18-19-17-27(4,24(33)34)13-12-26(19,3)14-15-29(18,30)6;1-13-9-5-3-2-4-8(9)6-7-10(11)12/h16,19,21-23,32H,8-15,17H2,1-7H3,(H,33,34);2-7H,1H3,(H,11,12). The molecule has 1 aromatic carbocycles. The van der Waals surface area contributed by atoms with Gasteiger partial charge in [-0.3, -0.25) is 9.59 Å². The third-order valence-corrected chi connectivity index (χ3v) is 14.6. The molecule has 7 heteroatoms. The molecule has 0 aromatic heterocycles. The average molecular weight is 649 g/mol. The minimum atomic E-state index is -0.967.